The number of nitrogens with zero attached hydrogens (tertiary/aromatic N) is 1. The van der Waals surface area contributed by atoms with Gasteiger partial charge in [-0.2, -0.15) is 0 Å². The Morgan fingerprint density at radius 3 is 2.82 bits per heavy atom. The minimum absolute atomic E-state index is 0.0716. The molecule has 0 unspecified atom stereocenters. The third-order valence-corrected chi connectivity index (χ3v) is 3.89. The van der Waals surface area contributed by atoms with E-state index in [0.29, 0.717) is 0 Å². The lowest BCUT2D eigenvalue weighted by atomic mass is 9.75. The maximum atomic E-state index is 10.9. The van der Waals surface area contributed by atoms with E-state index in [0.717, 1.165) is 30.4 Å². The van der Waals surface area contributed by atoms with Gasteiger partial charge in [0, 0.05) is 16.8 Å². The number of anilines is 1. The second-order valence-electron chi connectivity index (χ2n) is 4.92. The molecule has 0 aromatic heterocycles. The van der Waals surface area contributed by atoms with E-state index in [1.54, 1.807) is 0 Å². The van der Waals surface area contributed by atoms with Crippen molar-refractivity contribution < 1.29 is 4.79 Å². The molecule has 1 saturated carbocycles. The fourth-order valence-corrected chi connectivity index (χ4v) is 2.98. The second-order valence-corrected chi connectivity index (χ2v) is 4.92. The van der Waals surface area contributed by atoms with Crippen LogP contribution in [0.5, 0.6) is 0 Å². The average Bonchev–Trinajstić information content (AvgIpc) is 2.40. The lowest BCUT2D eigenvalue weighted by Gasteiger charge is -2.37. The number of benzene rings is 1. The predicted octanol–water partition coefficient (Wildman–Crippen LogP) is 3.11. The summed E-state index contributed by atoms with van der Waals surface area (Å²) in [4.78, 5) is 15.6. The van der Waals surface area contributed by atoms with Crippen molar-refractivity contribution in [3.05, 3.63) is 29.3 Å². The summed E-state index contributed by atoms with van der Waals surface area (Å²) in [5.41, 5.74) is 2.97. The molecule has 1 spiro atoms. The topological polar surface area (TPSA) is 41.5 Å². The Morgan fingerprint density at radius 1 is 1.24 bits per heavy atom. The molecule has 1 aromatic carbocycles. The van der Waals surface area contributed by atoms with Crippen molar-refractivity contribution in [3.8, 4) is 0 Å². The van der Waals surface area contributed by atoms with Crippen molar-refractivity contribution in [2.45, 2.75) is 37.6 Å². The molecule has 1 aromatic rings. The van der Waals surface area contributed by atoms with Crippen LogP contribution in [-0.4, -0.2) is 12.6 Å². The first-order chi connectivity index (χ1) is 8.34. The summed E-state index contributed by atoms with van der Waals surface area (Å²) in [5, 5.41) is 3.18. The summed E-state index contributed by atoms with van der Waals surface area (Å²) in [6.45, 7) is 0. The molecule has 1 heterocycles. The smallest absolute Gasteiger partial charge is 0.150 e. The van der Waals surface area contributed by atoms with E-state index in [2.05, 4.69) is 10.3 Å². The Labute approximate surface area is 101 Å². The summed E-state index contributed by atoms with van der Waals surface area (Å²) in [5.74, 6) is 0. The second kappa shape index (κ2) is 3.99. The van der Waals surface area contributed by atoms with Crippen molar-refractivity contribution in [2.24, 2.45) is 4.99 Å². The molecule has 1 aliphatic heterocycles. The first-order valence-corrected chi connectivity index (χ1v) is 6.24. The van der Waals surface area contributed by atoms with E-state index in [1.807, 2.05) is 24.5 Å². The number of aldehydes is 1. The van der Waals surface area contributed by atoms with Gasteiger partial charge in [-0.25, -0.2) is 0 Å². The molecule has 2 aliphatic rings. The highest BCUT2D eigenvalue weighted by Gasteiger charge is 2.36. The van der Waals surface area contributed by atoms with Crippen LogP contribution in [0.4, 0.5) is 5.69 Å². The summed E-state index contributed by atoms with van der Waals surface area (Å²) in [7, 11) is 0. The van der Waals surface area contributed by atoms with Crippen LogP contribution >= 0.6 is 0 Å². The van der Waals surface area contributed by atoms with E-state index in [-0.39, 0.29) is 5.54 Å². The molecule has 1 aliphatic carbocycles. The fraction of sp³-hybridized carbons (Fsp3) is 0.429. The highest BCUT2D eigenvalue weighted by atomic mass is 16.1. The SMILES string of the molecule is O=Cc1ccc2c(c1)C1(CCCCC1)N=CN2. The molecule has 0 radical (unpaired) electrons. The van der Waals surface area contributed by atoms with Gasteiger partial charge in [-0.3, -0.25) is 9.79 Å². The third kappa shape index (κ3) is 1.66. The molecule has 3 nitrogen and oxygen atoms in total. The summed E-state index contributed by atoms with van der Waals surface area (Å²) in [6, 6.07) is 5.84. The highest BCUT2D eigenvalue weighted by molar-refractivity contribution is 5.84. The van der Waals surface area contributed by atoms with Crippen molar-refractivity contribution in [2.75, 3.05) is 5.32 Å². The monoisotopic (exact) mass is 228 g/mol. The minimum atomic E-state index is -0.0716. The number of hydrogen-bond acceptors (Lipinski definition) is 3. The molecule has 0 bridgehead atoms. The van der Waals surface area contributed by atoms with E-state index in [9.17, 15) is 4.79 Å². The van der Waals surface area contributed by atoms with Gasteiger partial charge in [0.05, 0.1) is 11.9 Å². The van der Waals surface area contributed by atoms with Crippen molar-refractivity contribution in [1.82, 2.24) is 0 Å². The molecule has 17 heavy (non-hydrogen) atoms. The van der Waals surface area contributed by atoms with Crippen LogP contribution in [0.3, 0.4) is 0 Å². The maximum absolute atomic E-state index is 10.9. The molecule has 3 heteroatoms. The maximum Gasteiger partial charge on any atom is 0.150 e. The number of nitrogens with one attached hydrogen (secondary N) is 1. The highest BCUT2D eigenvalue weighted by Crippen LogP contribution is 2.45. The Kier molecular flexibility index (Phi) is 2.46. The number of carbonyl (C=O) groups is 1. The molecular weight excluding hydrogens is 212 g/mol. The van der Waals surface area contributed by atoms with E-state index < -0.39 is 0 Å². The Hall–Kier alpha value is -1.64. The molecule has 0 saturated heterocycles. The van der Waals surface area contributed by atoms with Gasteiger partial charge in [-0.1, -0.05) is 19.3 Å². The van der Waals surface area contributed by atoms with Crippen molar-refractivity contribution >= 4 is 18.3 Å². The van der Waals surface area contributed by atoms with Gasteiger partial charge in [0.15, 0.2) is 0 Å². The van der Waals surface area contributed by atoms with Crippen molar-refractivity contribution in [1.29, 1.82) is 0 Å². The summed E-state index contributed by atoms with van der Waals surface area (Å²) >= 11 is 0. The van der Waals surface area contributed by atoms with Crippen LogP contribution < -0.4 is 5.32 Å². The molecule has 1 N–H and O–H groups in total. The minimum Gasteiger partial charge on any atom is -0.346 e. The first kappa shape index (κ1) is 10.5. The normalized spacial score (nSPS) is 20.7. The van der Waals surface area contributed by atoms with Gasteiger partial charge in [0.1, 0.15) is 6.29 Å². The first-order valence-electron chi connectivity index (χ1n) is 6.24. The largest absolute Gasteiger partial charge is 0.346 e. The lowest BCUT2D eigenvalue weighted by molar-refractivity contribution is 0.112. The third-order valence-electron chi connectivity index (χ3n) is 3.89. The van der Waals surface area contributed by atoms with Crippen LogP contribution in [0.15, 0.2) is 23.2 Å². The van der Waals surface area contributed by atoms with Gasteiger partial charge in [-0.15, -0.1) is 0 Å². The van der Waals surface area contributed by atoms with Gasteiger partial charge < -0.3 is 5.32 Å². The fourth-order valence-electron chi connectivity index (χ4n) is 2.98. The standard InChI is InChI=1S/C14H16N2O/c17-9-11-4-5-13-12(8-11)14(16-10-15-13)6-2-1-3-7-14/h4-5,8-10H,1-3,6-7H2,(H,15,16). The summed E-state index contributed by atoms with van der Waals surface area (Å²) in [6.07, 6.45) is 8.67. The van der Waals surface area contributed by atoms with E-state index >= 15 is 0 Å². The zero-order valence-electron chi connectivity index (χ0n) is 9.78. The van der Waals surface area contributed by atoms with Gasteiger partial charge in [0.25, 0.3) is 0 Å². The number of hydrogen-bond donors (Lipinski definition) is 1. The van der Waals surface area contributed by atoms with Crippen LogP contribution in [0, 0.1) is 0 Å². The number of aliphatic imine (C=N–C) groups is 1. The zero-order chi connectivity index (χ0) is 11.7. The summed E-state index contributed by atoms with van der Waals surface area (Å²) < 4.78 is 0. The molecule has 88 valence electrons. The predicted molar refractivity (Wildman–Crippen MR) is 68.7 cm³/mol. The average molecular weight is 228 g/mol. The number of rotatable bonds is 1. The van der Waals surface area contributed by atoms with Crippen LogP contribution in [0.1, 0.15) is 48.0 Å². The number of fused-ring (bicyclic) bond motifs is 2. The molecule has 1 fully saturated rings. The molecule has 0 atom stereocenters. The van der Waals surface area contributed by atoms with Gasteiger partial charge >= 0.3 is 0 Å². The van der Waals surface area contributed by atoms with E-state index in [4.69, 9.17) is 0 Å². The Morgan fingerprint density at radius 2 is 2.06 bits per heavy atom. The van der Waals surface area contributed by atoms with Gasteiger partial charge in [0.2, 0.25) is 0 Å². The number of carbonyl (C=O) groups excluding carboxylic acids is 1. The molecule has 0 amide bonds. The Bertz CT molecular complexity index is 473. The van der Waals surface area contributed by atoms with Crippen molar-refractivity contribution in [3.63, 3.8) is 0 Å². The zero-order valence-corrected chi connectivity index (χ0v) is 9.78. The lowest BCUT2D eigenvalue weighted by Crippen LogP contribution is -2.31. The molecule has 3 rings (SSSR count). The molecular formula is C14H16N2O. The quantitative estimate of drug-likeness (QED) is 0.750. The van der Waals surface area contributed by atoms with Crippen LogP contribution in [0.2, 0.25) is 0 Å². The van der Waals surface area contributed by atoms with Gasteiger partial charge in [-0.05, 0) is 31.0 Å². The van der Waals surface area contributed by atoms with E-state index in [1.165, 1.54) is 24.8 Å². The van der Waals surface area contributed by atoms with Crippen LogP contribution in [0.25, 0.3) is 0 Å². The van der Waals surface area contributed by atoms with Crippen LogP contribution in [-0.2, 0) is 5.54 Å². The Balaban J connectivity index is 2.10.